The monoisotopic (exact) mass is 226 g/mol. The Balaban J connectivity index is 2.15. The van der Waals surface area contributed by atoms with E-state index < -0.39 is 10.8 Å². The van der Waals surface area contributed by atoms with Crippen LogP contribution in [-0.4, -0.2) is 27.2 Å². The summed E-state index contributed by atoms with van der Waals surface area (Å²) in [6, 6.07) is 5.88. The Morgan fingerprint density at radius 2 is 2.33 bits per heavy atom. The molecule has 1 aromatic heterocycles. The zero-order chi connectivity index (χ0) is 11.1. The first-order valence-electron chi connectivity index (χ1n) is 5.13. The lowest BCUT2D eigenvalue weighted by Gasteiger charge is -2.08. The molecule has 3 nitrogen and oxygen atoms in total. The fourth-order valence-corrected chi connectivity index (χ4v) is 1.64. The summed E-state index contributed by atoms with van der Waals surface area (Å²) in [6.07, 6.45) is 4.49. The summed E-state index contributed by atoms with van der Waals surface area (Å²) in [5.41, 5.74) is 1.04. The van der Waals surface area contributed by atoms with Crippen molar-refractivity contribution in [2.24, 2.45) is 0 Å². The van der Waals surface area contributed by atoms with Gasteiger partial charge in [-0.1, -0.05) is 13.0 Å². The van der Waals surface area contributed by atoms with Gasteiger partial charge in [-0.25, -0.2) is 0 Å². The van der Waals surface area contributed by atoms with Gasteiger partial charge in [0.1, 0.15) is 0 Å². The van der Waals surface area contributed by atoms with Crippen LogP contribution in [-0.2, 0) is 17.3 Å². The lowest BCUT2D eigenvalue weighted by atomic mass is 10.3. The lowest BCUT2D eigenvalue weighted by Crippen LogP contribution is -2.21. The molecule has 0 radical (unpaired) electrons. The first-order valence-corrected chi connectivity index (χ1v) is 6.75. The molecule has 15 heavy (non-hydrogen) atoms. The van der Waals surface area contributed by atoms with Crippen LogP contribution in [0.2, 0.25) is 0 Å². The van der Waals surface area contributed by atoms with Crippen molar-refractivity contribution in [3.63, 3.8) is 0 Å². The van der Waals surface area contributed by atoms with Gasteiger partial charge in [-0.05, 0) is 25.1 Å². The van der Waals surface area contributed by atoms with E-state index in [9.17, 15) is 4.21 Å². The van der Waals surface area contributed by atoms with Crippen LogP contribution in [0.25, 0.3) is 0 Å². The lowest BCUT2D eigenvalue weighted by molar-refractivity contribution is 0.623. The minimum Gasteiger partial charge on any atom is -0.311 e. The maximum atomic E-state index is 11.1. The van der Waals surface area contributed by atoms with Crippen LogP contribution < -0.4 is 5.32 Å². The van der Waals surface area contributed by atoms with Gasteiger partial charge in [0, 0.05) is 35.0 Å². The summed E-state index contributed by atoms with van der Waals surface area (Å²) in [7, 11) is -0.714. The molecular formula is C11H18N2OS. The molecule has 1 N–H and O–H groups in total. The summed E-state index contributed by atoms with van der Waals surface area (Å²) in [5.74, 6) is 0. The van der Waals surface area contributed by atoms with Crippen molar-refractivity contribution in [3.8, 4) is 0 Å². The average Bonchev–Trinajstić information content (AvgIpc) is 2.25. The molecule has 0 aliphatic heterocycles. The predicted octanol–water partition coefficient (Wildman–Crippen LogP) is 1.33. The van der Waals surface area contributed by atoms with E-state index in [-0.39, 0.29) is 5.25 Å². The molecule has 1 aromatic rings. The Labute approximate surface area is 93.8 Å². The quantitative estimate of drug-likeness (QED) is 0.744. The van der Waals surface area contributed by atoms with Gasteiger partial charge in [-0.2, -0.15) is 0 Å². The summed E-state index contributed by atoms with van der Waals surface area (Å²) < 4.78 is 11.1. The number of pyridine rings is 1. The summed E-state index contributed by atoms with van der Waals surface area (Å²) >= 11 is 0. The highest BCUT2D eigenvalue weighted by molar-refractivity contribution is 7.84. The molecule has 0 fully saturated rings. The summed E-state index contributed by atoms with van der Waals surface area (Å²) in [5, 5.41) is 3.56. The maximum absolute atomic E-state index is 11.1. The molecule has 0 amide bonds. The Hall–Kier alpha value is -0.740. The minimum atomic E-state index is -0.714. The van der Waals surface area contributed by atoms with Crippen LogP contribution in [0.4, 0.5) is 0 Å². The normalized spacial score (nSPS) is 14.8. The number of rotatable bonds is 6. The highest BCUT2D eigenvalue weighted by Crippen LogP contribution is 1.98. The molecule has 0 saturated heterocycles. The van der Waals surface area contributed by atoms with Crippen molar-refractivity contribution in [2.75, 3.05) is 12.8 Å². The number of nitrogens with zero attached hydrogens (tertiary/aromatic N) is 1. The summed E-state index contributed by atoms with van der Waals surface area (Å²) in [6.45, 7) is 3.68. The Morgan fingerprint density at radius 3 is 2.93 bits per heavy atom. The predicted molar refractivity (Wildman–Crippen MR) is 64.1 cm³/mol. The smallest absolute Gasteiger partial charge is 0.0541 e. The van der Waals surface area contributed by atoms with Crippen LogP contribution in [0.3, 0.4) is 0 Å². The van der Waals surface area contributed by atoms with Crippen molar-refractivity contribution < 1.29 is 4.21 Å². The van der Waals surface area contributed by atoms with Crippen LogP contribution in [0.15, 0.2) is 24.4 Å². The molecule has 0 bridgehead atoms. The topological polar surface area (TPSA) is 42.0 Å². The van der Waals surface area contributed by atoms with Crippen molar-refractivity contribution >= 4 is 10.8 Å². The Morgan fingerprint density at radius 1 is 1.53 bits per heavy atom. The summed E-state index contributed by atoms with van der Waals surface area (Å²) in [4.78, 5) is 4.21. The van der Waals surface area contributed by atoms with E-state index in [2.05, 4.69) is 10.3 Å². The van der Waals surface area contributed by atoms with E-state index >= 15 is 0 Å². The maximum Gasteiger partial charge on any atom is 0.0541 e. The van der Waals surface area contributed by atoms with E-state index in [1.54, 1.807) is 12.5 Å². The zero-order valence-electron chi connectivity index (χ0n) is 9.27. The fraction of sp³-hybridized carbons (Fsp3) is 0.545. The Bertz CT molecular complexity index is 303. The SMILES string of the molecule is CC(CCNCc1ccccn1)S(C)=O. The number of hydrogen-bond acceptors (Lipinski definition) is 3. The van der Waals surface area contributed by atoms with Gasteiger partial charge in [-0.3, -0.25) is 9.19 Å². The van der Waals surface area contributed by atoms with Gasteiger partial charge in [-0.15, -0.1) is 0 Å². The van der Waals surface area contributed by atoms with E-state index in [0.29, 0.717) is 0 Å². The average molecular weight is 226 g/mol. The molecule has 0 aliphatic rings. The number of aromatic nitrogens is 1. The molecule has 0 aliphatic carbocycles. The van der Waals surface area contributed by atoms with Crippen LogP contribution >= 0.6 is 0 Å². The van der Waals surface area contributed by atoms with Gasteiger partial charge < -0.3 is 5.32 Å². The molecule has 0 saturated carbocycles. The number of hydrogen-bond donors (Lipinski definition) is 1. The van der Waals surface area contributed by atoms with Crippen LogP contribution in [0, 0.1) is 0 Å². The molecule has 0 spiro atoms. The van der Waals surface area contributed by atoms with E-state index in [1.807, 2.05) is 25.1 Å². The van der Waals surface area contributed by atoms with E-state index in [1.165, 1.54) is 0 Å². The van der Waals surface area contributed by atoms with Crippen molar-refractivity contribution in [3.05, 3.63) is 30.1 Å². The van der Waals surface area contributed by atoms with Crippen molar-refractivity contribution in [2.45, 2.75) is 25.1 Å². The minimum absolute atomic E-state index is 0.265. The van der Waals surface area contributed by atoms with Gasteiger partial charge in [0.25, 0.3) is 0 Å². The second kappa shape index (κ2) is 6.69. The molecule has 4 heteroatoms. The van der Waals surface area contributed by atoms with E-state index in [4.69, 9.17) is 0 Å². The van der Waals surface area contributed by atoms with Gasteiger partial charge >= 0.3 is 0 Å². The Kier molecular flexibility index (Phi) is 5.50. The first kappa shape index (κ1) is 12.3. The zero-order valence-corrected chi connectivity index (χ0v) is 10.1. The van der Waals surface area contributed by atoms with Gasteiger partial charge in [0.15, 0.2) is 0 Å². The van der Waals surface area contributed by atoms with Gasteiger partial charge in [0.2, 0.25) is 0 Å². The molecule has 2 unspecified atom stereocenters. The molecule has 1 heterocycles. The first-order chi connectivity index (χ1) is 7.20. The van der Waals surface area contributed by atoms with Crippen LogP contribution in [0.5, 0.6) is 0 Å². The van der Waals surface area contributed by atoms with Gasteiger partial charge in [0.05, 0.1) is 5.69 Å². The third kappa shape index (κ3) is 5.04. The number of nitrogens with one attached hydrogen (secondary N) is 1. The van der Waals surface area contributed by atoms with Crippen molar-refractivity contribution in [1.82, 2.24) is 10.3 Å². The largest absolute Gasteiger partial charge is 0.311 e. The molecule has 2 atom stereocenters. The molecule has 0 aromatic carbocycles. The second-order valence-electron chi connectivity index (χ2n) is 3.60. The highest BCUT2D eigenvalue weighted by atomic mass is 32.2. The fourth-order valence-electron chi connectivity index (χ4n) is 1.19. The highest BCUT2D eigenvalue weighted by Gasteiger charge is 2.04. The molecule has 1 rings (SSSR count). The van der Waals surface area contributed by atoms with Crippen molar-refractivity contribution in [1.29, 1.82) is 0 Å². The van der Waals surface area contributed by atoms with E-state index in [0.717, 1.165) is 25.2 Å². The molecule has 84 valence electrons. The molecular weight excluding hydrogens is 208 g/mol. The third-order valence-corrected chi connectivity index (χ3v) is 3.70. The second-order valence-corrected chi connectivity index (χ2v) is 5.40. The van der Waals surface area contributed by atoms with Crippen LogP contribution in [0.1, 0.15) is 19.0 Å². The third-order valence-electron chi connectivity index (χ3n) is 2.33. The standard InChI is InChI=1S/C11H18N2OS/c1-10(15(2)14)6-8-12-9-11-5-3-4-7-13-11/h3-5,7,10,12H,6,8-9H2,1-2H3.